The minimum atomic E-state index is 0.367. The van der Waals surface area contributed by atoms with Crippen LogP contribution < -0.4 is 4.74 Å². The van der Waals surface area contributed by atoms with E-state index in [9.17, 15) is 0 Å². The van der Waals surface area contributed by atoms with Crippen LogP contribution in [0.3, 0.4) is 0 Å². The van der Waals surface area contributed by atoms with E-state index < -0.39 is 0 Å². The molecule has 1 aromatic heterocycles. The summed E-state index contributed by atoms with van der Waals surface area (Å²) in [4.78, 5) is 7.01. The lowest BCUT2D eigenvalue weighted by atomic mass is 10.3. The van der Waals surface area contributed by atoms with E-state index in [-0.39, 0.29) is 0 Å². The third kappa shape index (κ3) is 1.40. The van der Waals surface area contributed by atoms with Crippen molar-refractivity contribution < 1.29 is 4.74 Å². The monoisotopic (exact) mass is 260 g/mol. The molecule has 0 amide bonds. The molecular weight excluding hydrogens is 255 g/mol. The Kier molecular flexibility index (Phi) is 2.17. The molecule has 5 heteroatoms. The van der Waals surface area contributed by atoms with Crippen LogP contribution in [0.2, 0.25) is 5.28 Å². The SMILES string of the molecule is COc1c(Br)ccc2[nH]c(Cl)nc12. The topological polar surface area (TPSA) is 37.9 Å². The molecule has 0 unspecified atom stereocenters. The number of aromatic nitrogens is 2. The van der Waals surface area contributed by atoms with Crippen molar-refractivity contribution in [2.24, 2.45) is 0 Å². The fourth-order valence-corrected chi connectivity index (χ4v) is 1.86. The molecule has 13 heavy (non-hydrogen) atoms. The van der Waals surface area contributed by atoms with Gasteiger partial charge in [-0.25, -0.2) is 4.98 Å². The summed E-state index contributed by atoms with van der Waals surface area (Å²) >= 11 is 9.09. The van der Waals surface area contributed by atoms with E-state index in [0.717, 1.165) is 15.5 Å². The number of benzene rings is 1. The Morgan fingerprint density at radius 2 is 2.31 bits per heavy atom. The predicted octanol–water partition coefficient (Wildman–Crippen LogP) is 2.99. The van der Waals surface area contributed by atoms with Gasteiger partial charge in [0.05, 0.1) is 17.1 Å². The number of methoxy groups -OCH3 is 1. The number of fused-ring (bicyclic) bond motifs is 1. The number of hydrogen-bond acceptors (Lipinski definition) is 2. The minimum absolute atomic E-state index is 0.367. The highest BCUT2D eigenvalue weighted by Gasteiger charge is 2.09. The Labute approximate surface area is 88.2 Å². The average molecular weight is 262 g/mol. The number of aromatic amines is 1. The zero-order valence-corrected chi connectivity index (χ0v) is 9.11. The number of ether oxygens (including phenoxy) is 1. The van der Waals surface area contributed by atoms with E-state index in [2.05, 4.69) is 25.9 Å². The lowest BCUT2D eigenvalue weighted by Gasteiger charge is -2.02. The average Bonchev–Trinajstić information content (AvgIpc) is 2.45. The quantitative estimate of drug-likeness (QED) is 0.857. The summed E-state index contributed by atoms with van der Waals surface area (Å²) < 4.78 is 6.05. The van der Waals surface area contributed by atoms with Gasteiger partial charge in [0.25, 0.3) is 0 Å². The first-order chi connectivity index (χ1) is 6.22. The lowest BCUT2D eigenvalue weighted by Crippen LogP contribution is -1.85. The molecule has 0 spiro atoms. The molecule has 0 atom stereocenters. The molecule has 1 N–H and O–H groups in total. The van der Waals surface area contributed by atoms with Gasteiger partial charge in [-0.3, -0.25) is 0 Å². The Morgan fingerprint density at radius 1 is 1.54 bits per heavy atom. The molecule has 0 saturated heterocycles. The highest BCUT2D eigenvalue weighted by atomic mass is 79.9. The number of imidazole rings is 1. The van der Waals surface area contributed by atoms with Crippen molar-refractivity contribution in [1.29, 1.82) is 0 Å². The van der Waals surface area contributed by atoms with Crippen LogP contribution in [-0.4, -0.2) is 17.1 Å². The maximum atomic E-state index is 5.73. The van der Waals surface area contributed by atoms with Gasteiger partial charge < -0.3 is 9.72 Å². The summed E-state index contributed by atoms with van der Waals surface area (Å²) in [7, 11) is 1.60. The van der Waals surface area contributed by atoms with Crippen molar-refractivity contribution in [3.63, 3.8) is 0 Å². The smallest absolute Gasteiger partial charge is 0.201 e. The third-order valence-corrected chi connectivity index (χ3v) is 2.54. The molecule has 2 aromatic rings. The molecular formula is C8H6BrClN2O. The Hall–Kier alpha value is -0.740. The van der Waals surface area contributed by atoms with Crippen LogP contribution in [-0.2, 0) is 0 Å². The second-order valence-corrected chi connectivity index (χ2v) is 3.72. The number of nitrogens with zero attached hydrogens (tertiary/aromatic N) is 1. The zero-order valence-electron chi connectivity index (χ0n) is 6.77. The molecule has 0 saturated carbocycles. The molecule has 0 aliphatic rings. The fraction of sp³-hybridized carbons (Fsp3) is 0.125. The fourth-order valence-electron chi connectivity index (χ4n) is 1.19. The van der Waals surface area contributed by atoms with Crippen molar-refractivity contribution in [3.8, 4) is 5.75 Å². The summed E-state index contributed by atoms with van der Waals surface area (Å²) in [6.07, 6.45) is 0. The van der Waals surface area contributed by atoms with Crippen LogP contribution >= 0.6 is 27.5 Å². The van der Waals surface area contributed by atoms with Crippen LogP contribution in [0.25, 0.3) is 11.0 Å². The summed E-state index contributed by atoms with van der Waals surface area (Å²) in [6, 6.07) is 3.77. The predicted molar refractivity (Wildman–Crippen MR) is 55.4 cm³/mol. The van der Waals surface area contributed by atoms with E-state index in [1.165, 1.54) is 0 Å². The molecule has 0 radical (unpaired) electrons. The van der Waals surface area contributed by atoms with Crippen LogP contribution in [0.5, 0.6) is 5.75 Å². The Balaban J connectivity index is 2.82. The van der Waals surface area contributed by atoms with E-state index in [1.54, 1.807) is 7.11 Å². The molecule has 1 aromatic carbocycles. The van der Waals surface area contributed by atoms with Crippen LogP contribution in [0.4, 0.5) is 0 Å². The maximum Gasteiger partial charge on any atom is 0.201 e. The van der Waals surface area contributed by atoms with Crippen molar-refractivity contribution in [3.05, 3.63) is 21.9 Å². The second-order valence-electron chi connectivity index (χ2n) is 2.50. The van der Waals surface area contributed by atoms with Crippen molar-refractivity contribution in [1.82, 2.24) is 9.97 Å². The molecule has 0 fully saturated rings. The summed E-state index contributed by atoms with van der Waals surface area (Å²) in [6.45, 7) is 0. The molecule has 2 rings (SSSR count). The number of halogens is 2. The Bertz CT molecular complexity index is 455. The second kappa shape index (κ2) is 3.20. The van der Waals surface area contributed by atoms with Gasteiger partial charge in [-0.05, 0) is 39.7 Å². The molecule has 1 heterocycles. The largest absolute Gasteiger partial charge is 0.493 e. The van der Waals surface area contributed by atoms with Crippen molar-refractivity contribution >= 4 is 38.6 Å². The molecule has 0 bridgehead atoms. The van der Waals surface area contributed by atoms with Gasteiger partial charge in [-0.15, -0.1) is 0 Å². The van der Waals surface area contributed by atoms with Crippen LogP contribution in [0.15, 0.2) is 16.6 Å². The van der Waals surface area contributed by atoms with Crippen molar-refractivity contribution in [2.75, 3.05) is 7.11 Å². The normalized spacial score (nSPS) is 10.7. The van der Waals surface area contributed by atoms with Crippen molar-refractivity contribution in [2.45, 2.75) is 0 Å². The molecule has 0 aliphatic carbocycles. The molecule has 68 valence electrons. The first-order valence-corrected chi connectivity index (χ1v) is 4.77. The zero-order chi connectivity index (χ0) is 9.42. The first-order valence-electron chi connectivity index (χ1n) is 3.60. The van der Waals surface area contributed by atoms with Crippen LogP contribution in [0, 0.1) is 0 Å². The van der Waals surface area contributed by atoms with Crippen LogP contribution in [0.1, 0.15) is 0 Å². The number of H-pyrrole nitrogens is 1. The summed E-state index contributed by atoms with van der Waals surface area (Å²) in [5, 5.41) is 0.367. The van der Waals surface area contributed by atoms with E-state index in [0.29, 0.717) is 11.0 Å². The molecule has 0 aliphatic heterocycles. The van der Waals surface area contributed by atoms with Gasteiger partial charge >= 0.3 is 0 Å². The number of rotatable bonds is 1. The maximum absolute atomic E-state index is 5.73. The van der Waals surface area contributed by atoms with Gasteiger partial charge in [-0.2, -0.15) is 0 Å². The Morgan fingerprint density at radius 3 is 3.00 bits per heavy atom. The van der Waals surface area contributed by atoms with Gasteiger partial charge in [0.2, 0.25) is 5.28 Å². The standard InChI is InChI=1S/C8H6BrClN2O/c1-13-7-4(9)2-3-5-6(7)12-8(10)11-5/h2-3H,1H3,(H,11,12). The first kappa shape index (κ1) is 8.84. The highest BCUT2D eigenvalue weighted by molar-refractivity contribution is 9.10. The van der Waals surface area contributed by atoms with Gasteiger partial charge in [-0.1, -0.05) is 0 Å². The lowest BCUT2D eigenvalue weighted by molar-refractivity contribution is 0.416. The van der Waals surface area contributed by atoms with Gasteiger partial charge in [0.1, 0.15) is 5.52 Å². The third-order valence-electron chi connectivity index (χ3n) is 1.74. The molecule has 3 nitrogen and oxygen atoms in total. The number of hydrogen-bond donors (Lipinski definition) is 1. The van der Waals surface area contributed by atoms with E-state index in [4.69, 9.17) is 16.3 Å². The minimum Gasteiger partial charge on any atom is -0.493 e. The van der Waals surface area contributed by atoms with Gasteiger partial charge in [0.15, 0.2) is 5.75 Å². The highest BCUT2D eigenvalue weighted by Crippen LogP contribution is 2.32. The summed E-state index contributed by atoms with van der Waals surface area (Å²) in [5.74, 6) is 0.695. The number of nitrogens with one attached hydrogen (secondary N) is 1. The van der Waals surface area contributed by atoms with E-state index >= 15 is 0 Å². The van der Waals surface area contributed by atoms with Gasteiger partial charge in [0, 0.05) is 0 Å². The summed E-state index contributed by atoms with van der Waals surface area (Å²) in [5.41, 5.74) is 1.60. The van der Waals surface area contributed by atoms with E-state index in [1.807, 2.05) is 12.1 Å².